The molecule has 0 aliphatic carbocycles. The minimum Gasteiger partial charge on any atom is -0.496 e. The average Bonchev–Trinajstić information content (AvgIpc) is 2.67. The second kappa shape index (κ2) is 11.0. The minimum atomic E-state index is -0.508. The zero-order valence-corrected chi connectivity index (χ0v) is 16.8. The molecule has 0 radical (unpaired) electrons. The van der Waals surface area contributed by atoms with E-state index in [1.54, 1.807) is 12.0 Å². The van der Waals surface area contributed by atoms with Crippen LogP contribution in [-0.4, -0.2) is 74.4 Å². The molecule has 1 saturated heterocycles. The summed E-state index contributed by atoms with van der Waals surface area (Å²) in [4.78, 5) is 26.0. The monoisotopic (exact) mass is 393 g/mol. The molecule has 0 bridgehead atoms. The summed E-state index contributed by atoms with van der Waals surface area (Å²) in [6.07, 6.45) is 0.730. The van der Waals surface area contributed by atoms with Gasteiger partial charge in [0.2, 0.25) is 11.8 Å². The Hall–Kier alpha value is -2.16. The lowest BCUT2D eigenvalue weighted by molar-refractivity contribution is -0.136. The van der Waals surface area contributed by atoms with E-state index in [1.165, 1.54) is 0 Å². The van der Waals surface area contributed by atoms with E-state index in [0.717, 1.165) is 11.3 Å². The molecule has 0 spiro atoms. The van der Waals surface area contributed by atoms with Crippen molar-refractivity contribution in [2.24, 2.45) is 0 Å². The number of likely N-dealkylation sites (N-methyl/N-ethyl adjacent to an activating group) is 1. The molecule has 8 heteroatoms. The fourth-order valence-corrected chi connectivity index (χ4v) is 3.31. The van der Waals surface area contributed by atoms with Crippen LogP contribution in [0.5, 0.6) is 5.75 Å². The SMILES string of the molecule is COc1ccccc1CNC(=O)C[C@@H]1CC[C@H](NC(=O)CN(C)C)[C@@H](CO)O1. The number of ether oxygens (including phenoxy) is 2. The molecule has 1 aliphatic heterocycles. The molecule has 1 heterocycles. The molecule has 1 fully saturated rings. The minimum absolute atomic E-state index is 0.106. The van der Waals surface area contributed by atoms with E-state index in [9.17, 15) is 14.7 Å². The van der Waals surface area contributed by atoms with Gasteiger partial charge in [-0.3, -0.25) is 9.59 Å². The van der Waals surface area contributed by atoms with Crippen molar-refractivity contribution in [3.05, 3.63) is 29.8 Å². The van der Waals surface area contributed by atoms with Crippen molar-refractivity contribution >= 4 is 11.8 Å². The lowest BCUT2D eigenvalue weighted by atomic mass is 9.97. The molecule has 3 atom stereocenters. The number of aliphatic hydroxyl groups is 1. The normalized spacial score (nSPS) is 22.0. The van der Waals surface area contributed by atoms with E-state index >= 15 is 0 Å². The summed E-state index contributed by atoms with van der Waals surface area (Å²) < 4.78 is 11.1. The third kappa shape index (κ3) is 6.78. The van der Waals surface area contributed by atoms with Crippen molar-refractivity contribution in [3.63, 3.8) is 0 Å². The lowest BCUT2D eigenvalue weighted by Gasteiger charge is -2.36. The van der Waals surface area contributed by atoms with E-state index < -0.39 is 6.10 Å². The highest BCUT2D eigenvalue weighted by Gasteiger charge is 2.32. The molecule has 28 heavy (non-hydrogen) atoms. The Balaban J connectivity index is 1.80. The zero-order chi connectivity index (χ0) is 20.5. The molecular formula is C20H31N3O5. The Bertz CT molecular complexity index is 652. The first kappa shape index (κ1) is 22.1. The predicted octanol–water partition coefficient (Wildman–Crippen LogP) is 0.288. The number of carbonyl (C=O) groups is 2. The third-order valence-corrected chi connectivity index (χ3v) is 4.68. The maximum atomic E-state index is 12.3. The van der Waals surface area contributed by atoms with Gasteiger partial charge in [-0.1, -0.05) is 18.2 Å². The van der Waals surface area contributed by atoms with Crippen LogP contribution in [0.4, 0.5) is 0 Å². The number of hydrogen-bond acceptors (Lipinski definition) is 6. The van der Waals surface area contributed by atoms with Gasteiger partial charge in [-0.15, -0.1) is 0 Å². The van der Waals surface area contributed by atoms with Crippen molar-refractivity contribution in [1.82, 2.24) is 15.5 Å². The van der Waals surface area contributed by atoms with Crippen LogP contribution in [0.2, 0.25) is 0 Å². The number of amides is 2. The first-order valence-electron chi connectivity index (χ1n) is 9.52. The molecule has 2 amide bonds. The van der Waals surface area contributed by atoms with Crippen molar-refractivity contribution < 1.29 is 24.2 Å². The first-order chi connectivity index (χ1) is 13.4. The number of nitrogens with one attached hydrogen (secondary N) is 2. The van der Waals surface area contributed by atoms with Gasteiger partial charge in [0.1, 0.15) is 11.9 Å². The van der Waals surface area contributed by atoms with E-state index in [1.807, 2.05) is 38.4 Å². The summed E-state index contributed by atoms with van der Waals surface area (Å²) in [5, 5.41) is 15.4. The van der Waals surface area contributed by atoms with Gasteiger partial charge in [0, 0.05) is 12.1 Å². The summed E-state index contributed by atoms with van der Waals surface area (Å²) in [6.45, 7) is 0.456. The van der Waals surface area contributed by atoms with Crippen LogP contribution in [0.3, 0.4) is 0 Å². The Labute approximate surface area is 166 Å². The Morgan fingerprint density at radius 1 is 1.25 bits per heavy atom. The molecule has 3 N–H and O–H groups in total. The van der Waals surface area contributed by atoms with Crippen LogP contribution in [-0.2, 0) is 20.9 Å². The van der Waals surface area contributed by atoms with Crippen molar-refractivity contribution in [2.45, 2.75) is 44.1 Å². The summed E-state index contributed by atoms with van der Waals surface area (Å²) in [7, 11) is 5.24. The quantitative estimate of drug-likeness (QED) is 0.558. The van der Waals surface area contributed by atoms with Gasteiger partial charge in [0.05, 0.1) is 38.8 Å². The van der Waals surface area contributed by atoms with Crippen LogP contribution in [0, 0.1) is 0 Å². The predicted molar refractivity (Wildman–Crippen MR) is 105 cm³/mol. The van der Waals surface area contributed by atoms with Gasteiger partial charge in [-0.25, -0.2) is 0 Å². The Morgan fingerprint density at radius 3 is 2.68 bits per heavy atom. The smallest absolute Gasteiger partial charge is 0.234 e. The number of methoxy groups -OCH3 is 1. The number of rotatable bonds is 9. The number of nitrogens with zero attached hydrogens (tertiary/aromatic N) is 1. The summed E-state index contributed by atoms with van der Waals surface area (Å²) >= 11 is 0. The molecule has 2 rings (SSSR count). The highest BCUT2D eigenvalue weighted by molar-refractivity contribution is 5.78. The highest BCUT2D eigenvalue weighted by Crippen LogP contribution is 2.22. The van der Waals surface area contributed by atoms with Gasteiger partial charge in [0.15, 0.2) is 0 Å². The Morgan fingerprint density at radius 2 is 2.00 bits per heavy atom. The standard InChI is InChI=1S/C20H31N3O5/c1-23(2)12-20(26)22-16-9-8-15(28-18(16)13-24)10-19(25)21-11-14-6-4-5-7-17(14)27-3/h4-7,15-16,18,24H,8-13H2,1-3H3,(H,21,25)(H,22,26)/t15-,16-,18+/m0/s1. The lowest BCUT2D eigenvalue weighted by Crippen LogP contribution is -2.52. The molecule has 0 saturated carbocycles. The second-order valence-corrected chi connectivity index (χ2v) is 7.26. The number of aliphatic hydroxyl groups excluding tert-OH is 1. The van der Waals surface area contributed by atoms with Crippen LogP contribution in [0.1, 0.15) is 24.8 Å². The fraction of sp³-hybridized carbons (Fsp3) is 0.600. The molecule has 156 valence electrons. The molecule has 0 unspecified atom stereocenters. The van der Waals surface area contributed by atoms with E-state index in [0.29, 0.717) is 19.4 Å². The molecule has 1 aromatic rings. The van der Waals surface area contributed by atoms with Gasteiger partial charge in [-0.2, -0.15) is 0 Å². The van der Waals surface area contributed by atoms with Crippen LogP contribution >= 0.6 is 0 Å². The van der Waals surface area contributed by atoms with Gasteiger partial charge in [-0.05, 0) is 33.0 Å². The van der Waals surface area contributed by atoms with Gasteiger partial charge in [0.25, 0.3) is 0 Å². The van der Waals surface area contributed by atoms with Crippen LogP contribution in [0.25, 0.3) is 0 Å². The number of carbonyl (C=O) groups excluding carboxylic acids is 2. The zero-order valence-electron chi connectivity index (χ0n) is 16.8. The van der Waals surface area contributed by atoms with E-state index in [-0.39, 0.29) is 43.5 Å². The molecule has 1 aromatic carbocycles. The van der Waals surface area contributed by atoms with Crippen LogP contribution in [0.15, 0.2) is 24.3 Å². The van der Waals surface area contributed by atoms with Crippen molar-refractivity contribution in [1.29, 1.82) is 0 Å². The van der Waals surface area contributed by atoms with Crippen molar-refractivity contribution in [3.8, 4) is 5.75 Å². The molecule has 0 aromatic heterocycles. The van der Waals surface area contributed by atoms with Crippen molar-refractivity contribution in [2.75, 3.05) is 34.4 Å². The van der Waals surface area contributed by atoms with E-state index in [4.69, 9.17) is 9.47 Å². The largest absolute Gasteiger partial charge is 0.496 e. The van der Waals surface area contributed by atoms with Gasteiger partial charge < -0.3 is 30.1 Å². The molecular weight excluding hydrogens is 362 g/mol. The van der Waals surface area contributed by atoms with Gasteiger partial charge >= 0.3 is 0 Å². The Kier molecular flexibility index (Phi) is 8.69. The maximum Gasteiger partial charge on any atom is 0.234 e. The third-order valence-electron chi connectivity index (χ3n) is 4.68. The van der Waals surface area contributed by atoms with Crippen LogP contribution < -0.4 is 15.4 Å². The van der Waals surface area contributed by atoms with E-state index in [2.05, 4.69) is 10.6 Å². The maximum absolute atomic E-state index is 12.3. The average molecular weight is 393 g/mol. The summed E-state index contributed by atoms with van der Waals surface area (Å²) in [6, 6.07) is 7.28. The molecule has 1 aliphatic rings. The fourth-order valence-electron chi connectivity index (χ4n) is 3.31. The number of para-hydroxylation sites is 1. The number of benzene rings is 1. The number of hydrogen-bond donors (Lipinski definition) is 3. The first-order valence-corrected chi connectivity index (χ1v) is 9.52. The second-order valence-electron chi connectivity index (χ2n) is 7.26. The highest BCUT2D eigenvalue weighted by atomic mass is 16.5. The summed E-state index contributed by atoms with van der Waals surface area (Å²) in [5.41, 5.74) is 0.903. The molecule has 8 nitrogen and oxygen atoms in total. The topological polar surface area (TPSA) is 100 Å². The summed E-state index contributed by atoms with van der Waals surface area (Å²) in [5.74, 6) is 0.501.